The molecule has 0 spiro atoms. The zero-order valence-corrected chi connectivity index (χ0v) is 19.5. The zero-order valence-electron chi connectivity index (χ0n) is 19.5. The van der Waals surface area contributed by atoms with Crippen molar-refractivity contribution in [3.05, 3.63) is 82.9 Å². The third kappa shape index (κ3) is 4.11. The largest absolute Gasteiger partial charge is 0.492 e. The Morgan fingerprint density at radius 3 is 2.64 bits per heavy atom. The van der Waals surface area contributed by atoms with Crippen LogP contribution in [0, 0.1) is 17.1 Å². The highest BCUT2D eigenvalue weighted by atomic mass is 19.1. The van der Waals surface area contributed by atoms with Crippen molar-refractivity contribution < 1.29 is 23.8 Å². The van der Waals surface area contributed by atoms with Gasteiger partial charge in [-0.25, -0.2) is 9.38 Å². The molecule has 9 nitrogen and oxygen atoms in total. The normalized spacial score (nSPS) is 17.9. The van der Waals surface area contributed by atoms with Crippen LogP contribution in [0.3, 0.4) is 0 Å². The minimum absolute atomic E-state index is 0.0394. The van der Waals surface area contributed by atoms with Crippen LogP contribution in [0.4, 0.5) is 4.39 Å². The maximum Gasteiger partial charge on any atom is 0.300 e. The van der Waals surface area contributed by atoms with Gasteiger partial charge in [-0.05, 0) is 47.0 Å². The number of carbonyl (C=O) groups is 2. The summed E-state index contributed by atoms with van der Waals surface area (Å²) in [6, 6.07) is 13.4. The fourth-order valence-corrected chi connectivity index (χ4v) is 4.28. The van der Waals surface area contributed by atoms with Gasteiger partial charge in [-0.2, -0.15) is 5.26 Å². The van der Waals surface area contributed by atoms with Crippen LogP contribution in [0.25, 0.3) is 11.1 Å². The Labute approximate surface area is 206 Å². The first-order valence-electron chi connectivity index (χ1n) is 10.9. The summed E-state index contributed by atoms with van der Waals surface area (Å²) in [5.74, 6) is -1.11. The van der Waals surface area contributed by atoms with E-state index in [1.807, 2.05) is 6.07 Å². The lowest BCUT2D eigenvalue weighted by atomic mass is 9.80. The van der Waals surface area contributed by atoms with E-state index in [1.54, 1.807) is 36.7 Å². The molecule has 1 atom stereocenters. The van der Waals surface area contributed by atoms with E-state index in [2.05, 4.69) is 16.0 Å². The van der Waals surface area contributed by atoms with Gasteiger partial charge in [0.05, 0.1) is 12.2 Å². The Hall–Kier alpha value is -4.78. The number of aromatic nitrogens is 1. The number of amides is 1. The maximum atomic E-state index is 14.8. The van der Waals surface area contributed by atoms with E-state index in [0.29, 0.717) is 41.0 Å². The van der Waals surface area contributed by atoms with Crippen LogP contribution in [0.1, 0.15) is 29.2 Å². The third-order valence-corrected chi connectivity index (χ3v) is 5.92. The monoisotopic (exact) mass is 487 g/mol. The molecule has 0 saturated carbocycles. The zero-order chi connectivity index (χ0) is 26.0. The number of guanidine groups is 1. The van der Waals surface area contributed by atoms with Gasteiger partial charge in [0.2, 0.25) is 0 Å². The van der Waals surface area contributed by atoms with Gasteiger partial charge in [-0.3, -0.25) is 19.5 Å². The molecule has 3 heterocycles. The lowest BCUT2D eigenvalue weighted by molar-refractivity contribution is -0.134. The van der Waals surface area contributed by atoms with Crippen LogP contribution in [0.2, 0.25) is 0 Å². The highest BCUT2D eigenvalue weighted by molar-refractivity contribution is 6.09. The molecule has 3 N–H and O–H groups in total. The molecule has 0 saturated heterocycles. The number of rotatable bonds is 3. The fraction of sp³-hybridized carbons (Fsp3) is 0.192. The number of halogens is 1. The molecule has 0 aliphatic carbocycles. The molecule has 182 valence electrons. The Bertz CT molecular complexity index is 1430. The van der Waals surface area contributed by atoms with Crippen LogP contribution in [-0.2, 0) is 21.5 Å². The van der Waals surface area contributed by atoms with E-state index in [9.17, 15) is 14.4 Å². The van der Waals surface area contributed by atoms with Gasteiger partial charge in [-0.15, -0.1) is 0 Å². The molecule has 1 amide bonds. The smallest absolute Gasteiger partial charge is 0.300 e. The van der Waals surface area contributed by atoms with Gasteiger partial charge in [0, 0.05) is 43.9 Å². The SMILES string of the molecule is CC(=O)O.CN1C(=O)C(c2cc(C#N)c3c(c2)CCO3)(c2ccc(F)c(-c3cccnc3)c2)N=C1N. The van der Waals surface area contributed by atoms with Gasteiger partial charge in [0.25, 0.3) is 11.9 Å². The third-order valence-electron chi connectivity index (χ3n) is 5.92. The number of aliphatic imine (C=N–C) groups is 1. The minimum Gasteiger partial charge on any atom is -0.492 e. The molecular weight excluding hydrogens is 465 g/mol. The molecule has 0 bridgehead atoms. The lowest BCUT2D eigenvalue weighted by Gasteiger charge is -2.27. The van der Waals surface area contributed by atoms with Crippen molar-refractivity contribution in [2.75, 3.05) is 13.7 Å². The number of hydrogen-bond acceptors (Lipinski definition) is 7. The van der Waals surface area contributed by atoms with Crippen molar-refractivity contribution in [1.82, 2.24) is 9.88 Å². The standard InChI is InChI=1S/C24H18FN5O2.C2H4O2/c1-30-22(31)24(29-23(30)27,18-9-14-6-8-32-21(14)16(10-18)12-26)17-4-5-20(25)19(11-17)15-3-2-7-28-13-15;1-2(3)4/h2-5,7,9-11,13H,6,8H2,1H3,(H2,27,29);1H3,(H,3,4). The first-order valence-corrected chi connectivity index (χ1v) is 10.9. The summed E-state index contributed by atoms with van der Waals surface area (Å²) in [5, 5.41) is 17.1. The summed E-state index contributed by atoms with van der Waals surface area (Å²) < 4.78 is 20.4. The highest BCUT2D eigenvalue weighted by Crippen LogP contribution is 2.44. The summed E-state index contributed by atoms with van der Waals surface area (Å²) in [6.45, 7) is 1.54. The Morgan fingerprint density at radius 2 is 2.03 bits per heavy atom. The van der Waals surface area contributed by atoms with Gasteiger partial charge in [0.15, 0.2) is 11.5 Å². The molecule has 36 heavy (non-hydrogen) atoms. The number of hydrogen-bond donors (Lipinski definition) is 2. The van der Waals surface area contributed by atoms with Crippen LogP contribution in [0.5, 0.6) is 5.75 Å². The fourth-order valence-electron chi connectivity index (χ4n) is 4.28. The van der Waals surface area contributed by atoms with E-state index in [1.165, 1.54) is 24.1 Å². The average Bonchev–Trinajstić information content (AvgIpc) is 3.43. The molecule has 0 radical (unpaired) electrons. The van der Waals surface area contributed by atoms with Gasteiger partial charge in [0.1, 0.15) is 17.6 Å². The van der Waals surface area contributed by atoms with E-state index in [4.69, 9.17) is 20.4 Å². The van der Waals surface area contributed by atoms with Crippen LogP contribution < -0.4 is 10.5 Å². The number of pyridine rings is 1. The second-order valence-electron chi connectivity index (χ2n) is 8.22. The second-order valence-corrected chi connectivity index (χ2v) is 8.22. The molecule has 1 unspecified atom stereocenters. The van der Waals surface area contributed by atoms with Crippen molar-refractivity contribution in [1.29, 1.82) is 5.26 Å². The van der Waals surface area contributed by atoms with Crippen molar-refractivity contribution in [3.8, 4) is 22.9 Å². The first-order chi connectivity index (χ1) is 17.2. The summed E-state index contributed by atoms with van der Waals surface area (Å²) in [7, 11) is 1.54. The summed E-state index contributed by atoms with van der Waals surface area (Å²) in [6.07, 6.45) is 3.76. The van der Waals surface area contributed by atoms with Gasteiger partial charge < -0.3 is 15.6 Å². The van der Waals surface area contributed by atoms with E-state index >= 15 is 0 Å². The van der Waals surface area contributed by atoms with E-state index in [0.717, 1.165) is 12.5 Å². The minimum atomic E-state index is -1.55. The number of nitrogens with two attached hydrogens (primary N) is 1. The molecule has 2 aliphatic heterocycles. The first kappa shape index (κ1) is 24.3. The maximum absolute atomic E-state index is 14.8. The second kappa shape index (κ2) is 9.46. The van der Waals surface area contributed by atoms with Crippen LogP contribution in [-0.4, -0.2) is 46.5 Å². The van der Waals surface area contributed by atoms with Crippen molar-refractivity contribution in [2.45, 2.75) is 18.9 Å². The Morgan fingerprint density at radius 1 is 1.28 bits per heavy atom. The number of fused-ring (bicyclic) bond motifs is 1. The molecular formula is C26H22FN5O4. The summed E-state index contributed by atoms with van der Waals surface area (Å²) in [5.41, 5.74) is 7.44. The number of nitriles is 1. The molecule has 1 aromatic heterocycles. The number of ether oxygens (including phenoxy) is 1. The highest BCUT2D eigenvalue weighted by Gasteiger charge is 2.50. The number of likely N-dealkylation sites (N-methyl/N-ethyl adjacent to an activating group) is 1. The Balaban J connectivity index is 0.000000709. The number of aliphatic carboxylic acids is 1. The predicted octanol–water partition coefficient (Wildman–Crippen LogP) is 2.82. The van der Waals surface area contributed by atoms with Gasteiger partial charge in [-0.1, -0.05) is 12.1 Å². The lowest BCUT2D eigenvalue weighted by Crippen LogP contribution is -2.41. The summed E-state index contributed by atoms with van der Waals surface area (Å²) >= 11 is 0. The predicted molar refractivity (Wildman–Crippen MR) is 128 cm³/mol. The molecule has 10 heteroatoms. The average molecular weight is 487 g/mol. The number of carbonyl (C=O) groups excluding carboxylic acids is 1. The van der Waals surface area contributed by atoms with Crippen LogP contribution in [0.15, 0.2) is 59.9 Å². The number of benzene rings is 2. The van der Waals surface area contributed by atoms with Crippen molar-refractivity contribution in [3.63, 3.8) is 0 Å². The quantitative estimate of drug-likeness (QED) is 0.578. The number of carboxylic acid groups (broad SMARTS) is 1. The van der Waals surface area contributed by atoms with Gasteiger partial charge >= 0.3 is 0 Å². The molecule has 2 aliphatic rings. The summed E-state index contributed by atoms with van der Waals surface area (Å²) in [4.78, 5) is 32.5. The topological polar surface area (TPSA) is 142 Å². The van der Waals surface area contributed by atoms with Crippen molar-refractivity contribution >= 4 is 17.8 Å². The van der Waals surface area contributed by atoms with E-state index < -0.39 is 17.3 Å². The van der Waals surface area contributed by atoms with Crippen molar-refractivity contribution in [2.24, 2.45) is 10.7 Å². The molecule has 5 rings (SSSR count). The molecule has 2 aromatic carbocycles. The van der Waals surface area contributed by atoms with Crippen LogP contribution >= 0.6 is 0 Å². The number of carboxylic acids is 1. The number of nitrogens with zero attached hydrogens (tertiary/aromatic N) is 4. The Kier molecular flexibility index (Phi) is 6.40. The molecule has 0 fully saturated rings. The molecule has 3 aromatic rings. The van der Waals surface area contributed by atoms with E-state index in [-0.39, 0.29) is 17.4 Å².